The molecule has 0 atom stereocenters. The van der Waals surface area contributed by atoms with Crippen molar-refractivity contribution >= 4 is 5.69 Å². The number of nitrogens with one attached hydrogen (secondary N) is 1. The lowest BCUT2D eigenvalue weighted by Crippen LogP contribution is -2.29. The van der Waals surface area contributed by atoms with Gasteiger partial charge in [-0.25, -0.2) is 0 Å². The van der Waals surface area contributed by atoms with Gasteiger partial charge in [-0.15, -0.1) is 0 Å². The first-order chi connectivity index (χ1) is 14.4. The normalized spacial score (nSPS) is 16.8. The van der Waals surface area contributed by atoms with Gasteiger partial charge in [-0.3, -0.25) is 4.79 Å². The number of anilines is 1. The molecule has 1 heterocycles. The zero-order valence-corrected chi connectivity index (χ0v) is 17.3. The van der Waals surface area contributed by atoms with E-state index in [-0.39, 0.29) is 11.6 Å². The third-order valence-electron chi connectivity index (χ3n) is 6.32. The van der Waals surface area contributed by atoms with E-state index >= 15 is 0 Å². The van der Waals surface area contributed by atoms with Gasteiger partial charge in [-0.2, -0.15) is 23.0 Å². The van der Waals surface area contributed by atoms with Crippen LogP contribution in [0.4, 0.5) is 18.9 Å². The van der Waals surface area contributed by atoms with Gasteiger partial charge >= 0.3 is 6.18 Å². The number of fused-ring (bicyclic) bond motifs is 1. The Hall–Kier alpha value is -2.31. The minimum Gasteiger partial charge on any atom is -0.385 e. The summed E-state index contributed by atoms with van der Waals surface area (Å²) >= 11 is 0. The fourth-order valence-electron chi connectivity index (χ4n) is 4.76. The van der Waals surface area contributed by atoms with Crippen molar-refractivity contribution < 1.29 is 13.2 Å². The number of halogens is 3. The molecule has 1 aromatic heterocycles. The SMILES string of the molecule is CCCCNc1ccc(C(F)(F)F)c(-n2nc(C3CCCC3)c3c(c2=O)CCC3)c1. The quantitative estimate of drug-likeness (QED) is 0.619. The highest BCUT2D eigenvalue weighted by Gasteiger charge is 2.36. The zero-order chi connectivity index (χ0) is 21.3. The van der Waals surface area contributed by atoms with E-state index < -0.39 is 17.3 Å². The number of benzene rings is 1. The maximum atomic E-state index is 13.8. The summed E-state index contributed by atoms with van der Waals surface area (Å²) in [6, 6.07) is 3.91. The molecule has 2 aliphatic rings. The molecular weight excluding hydrogens is 391 g/mol. The highest BCUT2D eigenvalue weighted by Crippen LogP contribution is 2.39. The van der Waals surface area contributed by atoms with Crippen LogP contribution in [0.1, 0.15) is 80.2 Å². The van der Waals surface area contributed by atoms with Gasteiger partial charge in [0, 0.05) is 23.7 Å². The molecule has 2 aliphatic carbocycles. The Labute approximate surface area is 174 Å². The lowest BCUT2D eigenvalue weighted by atomic mass is 9.97. The number of hydrogen-bond acceptors (Lipinski definition) is 3. The first-order valence-corrected chi connectivity index (χ1v) is 11.0. The summed E-state index contributed by atoms with van der Waals surface area (Å²) in [6.45, 7) is 2.72. The van der Waals surface area contributed by atoms with E-state index in [0.29, 0.717) is 24.2 Å². The van der Waals surface area contributed by atoms with E-state index in [1.54, 1.807) is 0 Å². The minimum atomic E-state index is -4.56. The molecule has 4 rings (SSSR count). The number of rotatable bonds is 6. The summed E-state index contributed by atoms with van der Waals surface area (Å²) in [5.74, 6) is 0.240. The molecule has 0 bridgehead atoms. The second kappa shape index (κ2) is 8.44. The summed E-state index contributed by atoms with van der Waals surface area (Å²) in [7, 11) is 0. The molecule has 0 spiro atoms. The minimum absolute atomic E-state index is 0.178. The number of aromatic nitrogens is 2. The van der Waals surface area contributed by atoms with Gasteiger partial charge in [0.15, 0.2) is 0 Å². The number of unbranched alkanes of at least 4 members (excludes halogenated alkanes) is 1. The van der Waals surface area contributed by atoms with Crippen molar-refractivity contribution in [2.24, 2.45) is 0 Å². The van der Waals surface area contributed by atoms with Crippen LogP contribution in [-0.4, -0.2) is 16.3 Å². The lowest BCUT2D eigenvalue weighted by molar-refractivity contribution is -0.137. The fourth-order valence-corrected chi connectivity index (χ4v) is 4.76. The Kier molecular flexibility index (Phi) is 5.89. The summed E-state index contributed by atoms with van der Waals surface area (Å²) in [5.41, 5.74) is 1.66. The number of alkyl halides is 3. The molecule has 0 unspecified atom stereocenters. The van der Waals surface area contributed by atoms with Crippen LogP contribution in [-0.2, 0) is 19.0 Å². The molecule has 7 heteroatoms. The Balaban J connectivity index is 1.87. The third-order valence-corrected chi connectivity index (χ3v) is 6.32. The maximum Gasteiger partial charge on any atom is 0.418 e. The molecule has 30 heavy (non-hydrogen) atoms. The molecular formula is C23H28F3N3O. The molecule has 0 amide bonds. The number of nitrogens with zero attached hydrogens (tertiary/aromatic N) is 2. The maximum absolute atomic E-state index is 13.8. The smallest absolute Gasteiger partial charge is 0.385 e. The van der Waals surface area contributed by atoms with Crippen LogP contribution in [0.15, 0.2) is 23.0 Å². The Morgan fingerprint density at radius 1 is 1.13 bits per heavy atom. The molecule has 0 saturated heterocycles. The van der Waals surface area contributed by atoms with E-state index in [0.717, 1.165) is 73.4 Å². The van der Waals surface area contributed by atoms with Crippen molar-refractivity contribution in [1.29, 1.82) is 0 Å². The first kappa shape index (κ1) is 20.9. The summed E-state index contributed by atoms with van der Waals surface area (Å²) < 4.78 is 42.5. The van der Waals surface area contributed by atoms with Gasteiger partial charge in [-0.1, -0.05) is 26.2 Å². The van der Waals surface area contributed by atoms with Gasteiger partial charge in [0.25, 0.3) is 5.56 Å². The Bertz CT molecular complexity index is 975. The van der Waals surface area contributed by atoms with Crippen LogP contribution < -0.4 is 10.9 Å². The molecule has 1 aromatic carbocycles. The molecule has 1 N–H and O–H groups in total. The highest BCUT2D eigenvalue weighted by atomic mass is 19.4. The zero-order valence-electron chi connectivity index (χ0n) is 17.3. The standard InChI is InChI=1S/C23H28F3N3O/c1-2-3-13-27-16-11-12-19(23(24,25)26)20(14-16)29-22(30)18-10-6-9-17(18)21(28-29)15-7-4-5-8-15/h11-12,14-15,27H,2-10,13H2,1H3. The second-order valence-corrected chi connectivity index (χ2v) is 8.40. The van der Waals surface area contributed by atoms with Crippen molar-refractivity contribution in [2.75, 3.05) is 11.9 Å². The second-order valence-electron chi connectivity index (χ2n) is 8.40. The molecule has 2 aromatic rings. The molecule has 162 valence electrons. The van der Waals surface area contributed by atoms with Gasteiger partial charge in [-0.05, 0) is 62.3 Å². The summed E-state index contributed by atoms with van der Waals surface area (Å²) in [5, 5.41) is 7.75. The monoisotopic (exact) mass is 419 g/mol. The van der Waals surface area contributed by atoms with E-state index in [4.69, 9.17) is 0 Å². The van der Waals surface area contributed by atoms with E-state index in [2.05, 4.69) is 17.3 Å². The van der Waals surface area contributed by atoms with Gasteiger partial charge in [0.2, 0.25) is 0 Å². The van der Waals surface area contributed by atoms with Crippen molar-refractivity contribution in [2.45, 2.75) is 76.8 Å². The molecule has 1 fully saturated rings. The van der Waals surface area contributed by atoms with Crippen LogP contribution in [0.25, 0.3) is 5.69 Å². The molecule has 0 radical (unpaired) electrons. The van der Waals surface area contributed by atoms with E-state index in [1.165, 1.54) is 12.1 Å². The Morgan fingerprint density at radius 2 is 1.87 bits per heavy atom. The lowest BCUT2D eigenvalue weighted by Gasteiger charge is -2.20. The Morgan fingerprint density at radius 3 is 2.57 bits per heavy atom. The largest absolute Gasteiger partial charge is 0.418 e. The predicted molar refractivity (Wildman–Crippen MR) is 111 cm³/mol. The van der Waals surface area contributed by atoms with Crippen molar-refractivity contribution in [3.63, 3.8) is 0 Å². The molecule has 1 saturated carbocycles. The van der Waals surface area contributed by atoms with Crippen molar-refractivity contribution in [3.8, 4) is 5.69 Å². The van der Waals surface area contributed by atoms with Crippen LogP contribution in [0, 0.1) is 0 Å². The van der Waals surface area contributed by atoms with Crippen LogP contribution in [0.2, 0.25) is 0 Å². The average Bonchev–Trinajstić information content (AvgIpc) is 3.40. The summed E-state index contributed by atoms with van der Waals surface area (Å²) in [4.78, 5) is 13.2. The predicted octanol–water partition coefficient (Wildman–Crippen LogP) is 5.61. The molecule has 4 nitrogen and oxygen atoms in total. The van der Waals surface area contributed by atoms with Gasteiger partial charge in [0.1, 0.15) is 0 Å². The van der Waals surface area contributed by atoms with Gasteiger partial charge < -0.3 is 5.32 Å². The van der Waals surface area contributed by atoms with Crippen molar-refractivity contribution in [3.05, 3.63) is 50.9 Å². The fraction of sp³-hybridized carbons (Fsp3) is 0.565. The molecule has 0 aliphatic heterocycles. The highest BCUT2D eigenvalue weighted by molar-refractivity contribution is 5.56. The van der Waals surface area contributed by atoms with Gasteiger partial charge in [0.05, 0.1) is 16.9 Å². The number of hydrogen-bond donors (Lipinski definition) is 1. The summed E-state index contributed by atoms with van der Waals surface area (Å²) in [6.07, 6.45) is 3.80. The third kappa shape index (κ3) is 3.98. The van der Waals surface area contributed by atoms with E-state index in [9.17, 15) is 18.0 Å². The average molecular weight is 419 g/mol. The van der Waals surface area contributed by atoms with Crippen LogP contribution >= 0.6 is 0 Å². The van der Waals surface area contributed by atoms with Crippen LogP contribution in [0.5, 0.6) is 0 Å². The van der Waals surface area contributed by atoms with Crippen LogP contribution in [0.3, 0.4) is 0 Å². The first-order valence-electron chi connectivity index (χ1n) is 11.0. The topological polar surface area (TPSA) is 46.9 Å². The van der Waals surface area contributed by atoms with E-state index in [1.807, 2.05) is 0 Å². The van der Waals surface area contributed by atoms with Crippen molar-refractivity contribution in [1.82, 2.24) is 9.78 Å².